The molecule has 1 heterocycles. The summed E-state index contributed by atoms with van der Waals surface area (Å²) in [5.74, 6) is 0.735. The number of hydrogen-bond donors (Lipinski definition) is 2. The van der Waals surface area contributed by atoms with E-state index in [9.17, 15) is 13.2 Å². The van der Waals surface area contributed by atoms with E-state index in [0.29, 0.717) is 12.0 Å². The van der Waals surface area contributed by atoms with Crippen molar-refractivity contribution in [3.8, 4) is 5.75 Å². The molecule has 1 aromatic carbocycles. The van der Waals surface area contributed by atoms with Gasteiger partial charge in [0.05, 0.1) is 11.7 Å². The Morgan fingerprint density at radius 1 is 1.20 bits per heavy atom. The highest BCUT2D eigenvalue weighted by atomic mass is 127. The maximum Gasteiger partial charge on any atom is 0.416 e. The third-order valence-electron chi connectivity index (χ3n) is 5.03. The third-order valence-corrected chi connectivity index (χ3v) is 5.03. The average Bonchev–Trinajstić information content (AvgIpc) is 2.64. The van der Waals surface area contributed by atoms with Gasteiger partial charge in [-0.15, -0.1) is 24.0 Å². The van der Waals surface area contributed by atoms with Crippen LogP contribution in [0.5, 0.6) is 5.75 Å². The Kier molecular flexibility index (Phi) is 10.7. The van der Waals surface area contributed by atoms with E-state index in [-0.39, 0.29) is 54.0 Å². The van der Waals surface area contributed by atoms with Crippen LogP contribution in [0.2, 0.25) is 0 Å². The van der Waals surface area contributed by atoms with Crippen molar-refractivity contribution in [2.24, 2.45) is 4.99 Å². The Labute approximate surface area is 194 Å². The number of benzene rings is 1. The van der Waals surface area contributed by atoms with Gasteiger partial charge in [-0.3, -0.25) is 4.99 Å². The van der Waals surface area contributed by atoms with E-state index in [2.05, 4.69) is 34.4 Å². The van der Waals surface area contributed by atoms with Crippen LogP contribution in [0.3, 0.4) is 0 Å². The number of likely N-dealkylation sites (tertiary alicyclic amines) is 1. The van der Waals surface area contributed by atoms with Crippen LogP contribution >= 0.6 is 24.0 Å². The SMILES string of the molecule is CN=C(NCc1ccc(OC(C)C)cc1C(F)(F)F)NC1CCN(C(C)C)CC1.I. The second-order valence-electron chi connectivity index (χ2n) is 7.96. The average molecular weight is 542 g/mol. The molecular weight excluding hydrogens is 508 g/mol. The molecule has 30 heavy (non-hydrogen) atoms. The summed E-state index contributed by atoms with van der Waals surface area (Å²) in [6, 6.07) is 4.89. The standard InChI is InChI=1S/C21H33F3N4O.HI/c1-14(2)28-10-8-17(9-11-28)27-20(25-5)26-13-16-6-7-18(29-15(3)4)12-19(16)21(22,23)24;/h6-7,12,14-15,17H,8-11,13H2,1-5H3,(H2,25,26,27);1H. The minimum Gasteiger partial charge on any atom is -0.491 e. The number of nitrogens with one attached hydrogen (secondary N) is 2. The monoisotopic (exact) mass is 542 g/mol. The van der Waals surface area contributed by atoms with E-state index in [1.165, 1.54) is 6.07 Å². The second kappa shape index (κ2) is 12.0. The maximum atomic E-state index is 13.5. The molecular formula is C21H34F3IN4O. The Morgan fingerprint density at radius 2 is 1.83 bits per heavy atom. The number of nitrogens with zero attached hydrogens (tertiary/aromatic N) is 2. The Hall–Kier alpha value is -1.23. The number of halogens is 4. The first-order chi connectivity index (χ1) is 13.6. The van der Waals surface area contributed by atoms with Crippen LogP contribution in [-0.2, 0) is 12.7 Å². The molecule has 9 heteroatoms. The van der Waals surface area contributed by atoms with Gasteiger partial charge in [-0.1, -0.05) is 6.07 Å². The van der Waals surface area contributed by atoms with E-state index < -0.39 is 11.7 Å². The topological polar surface area (TPSA) is 48.9 Å². The van der Waals surface area contributed by atoms with Gasteiger partial charge in [0.25, 0.3) is 0 Å². The van der Waals surface area contributed by atoms with Crippen LogP contribution in [0.4, 0.5) is 13.2 Å². The van der Waals surface area contributed by atoms with Crippen LogP contribution in [0.25, 0.3) is 0 Å². The highest BCUT2D eigenvalue weighted by molar-refractivity contribution is 14.0. The van der Waals surface area contributed by atoms with E-state index in [1.54, 1.807) is 27.0 Å². The van der Waals surface area contributed by atoms with Crippen molar-refractivity contribution in [1.82, 2.24) is 15.5 Å². The zero-order chi connectivity index (χ0) is 21.6. The molecule has 1 aromatic rings. The van der Waals surface area contributed by atoms with Crippen molar-refractivity contribution in [2.75, 3.05) is 20.1 Å². The number of hydrogen-bond acceptors (Lipinski definition) is 3. The van der Waals surface area contributed by atoms with Crippen molar-refractivity contribution in [1.29, 1.82) is 0 Å². The summed E-state index contributed by atoms with van der Waals surface area (Å²) in [6.45, 7) is 9.97. The molecule has 0 saturated carbocycles. The summed E-state index contributed by atoms with van der Waals surface area (Å²) in [6.07, 6.45) is -2.68. The molecule has 0 atom stereocenters. The fraction of sp³-hybridized carbons (Fsp3) is 0.667. The minimum absolute atomic E-state index is 0. The summed E-state index contributed by atoms with van der Waals surface area (Å²) in [4.78, 5) is 6.60. The first kappa shape index (κ1) is 26.8. The van der Waals surface area contributed by atoms with Gasteiger partial charge in [-0.05, 0) is 58.2 Å². The summed E-state index contributed by atoms with van der Waals surface area (Å²) in [7, 11) is 1.63. The van der Waals surface area contributed by atoms with E-state index in [0.717, 1.165) is 32.0 Å². The van der Waals surface area contributed by atoms with Crippen LogP contribution < -0.4 is 15.4 Å². The van der Waals surface area contributed by atoms with E-state index in [4.69, 9.17) is 4.74 Å². The number of alkyl halides is 3. The molecule has 0 bridgehead atoms. The predicted octanol–water partition coefficient (Wildman–Crippen LogP) is 4.65. The van der Waals surface area contributed by atoms with Gasteiger partial charge in [0.15, 0.2) is 5.96 Å². The van der Waals surface area contributed by atoms with Gasteiger partial charge >= 0.3 is 6.18 Å². The quantitative estimate of drug-likeness (QED) is 0.312. The number of rotatable bonds is 6. The minimum atomic E-state index is -4.45. The third kappa shape index (κ3) is 8.13. The lowest BCUT2D eigenvalue weighted by molar-refractivity contribution is -0.138. The molecule has 5 nitrogen and oxygen atoms in total. The molecule has 0 aliphatic carbocycles. The molecule has 2 rings (SSSR count). The molecule has 0 spiro atoms. The summed E-state index contributed by atoms with van der Waals surface area (Å²) in [5, 5.41) is 6.36. The summed E-state index contributed by atoms with van der Waals surface area (Å²) >= 11 is 0. The molecule has 1 aliphatic heterocycles. The van der Waals surface area contributed by atoms with Gasteiger partial charge in [-0.2, -0.15) is 13.2 Å². The highest BCUT2D eigenvalue weighted by Gasteiger charge is 2.34. The normalized spacial score (nSPS) is 16.5. The van der Waals surface area contributed by atoms with Crippen LogP contribution in [0, 0.1) is 0 Å². The summed E-state index contributed by atoms with van der Waals surface area (Å²) < 4.78 is 46.0. The lowest BCUT2D eigenvalue weighted by Crippen LogP contribution is -2.49. The van der Waals surface area contributed by atoms with Gasteiger partial charge in [0.1, 0.15) is 5.75 Å². The highest BCUT2D eigenvalue weighted by Crippen LogP contribution is 2.34. The maximum absolute atomic E-state index is 13.5. The first-order valence-corrected chi connectivity index (χ1v) is 10.2. The molecule has 2 N–H and O–H groups in total. The van der Waals surface area contributed by atoms with Crippen LogP contribution in [0.15, 0.2) is 23.2 Å². The number of piperidine rings is 1. The zero-order valence-electron chi connectivity index (χ0n) is 18.3. The first-order valence-electron chi connectivity index (χ1n) is 10.2. The van der Waals surface area contributed by atoms with Crippen molar-refractivity contribution in [3.63, 3.8) is 0 Å². The number of ether oxygens (including phenoxy) is 1. The molecule has 172 valence electrons. The van der Waals surface area contributed by atoms with Gasteiger partial charge in [0.2, 0.25) is 0 Å². The summed E-state index contributed by atoms with van der Waals surface area (Å²) in [5.41, 5.74) is -0.532. The molecule has 1 fully saturated rings. The lowest BCUT2D eigenvalue weighted by atomic mass is 10.0. The van der Waals surface area contributed by atoms with E-state index >= 15 is 0 Å². The van der Waals surface area contributed by atoms with Gasteiger partial charge in [0, 0.05) is 38.8 Å². The Morgan fingerprint density at radius 3 is 2.33 bits per heavy atom. The predicted molar refractivity (Wildman–Crippen MR) is 126 cm³/mol. The van der Waals surface area contributed by atoms with Crippen molar-refractivity contribution < 1.29 is 17.9 Å². The van der Waals surface area contributed by atoms with Gasteiger partial charge < -0.3 is 20.3 Å². The Bertz CT molecular complexity index is 687. The number of aliphatic imine (C=N–C) groups is 1. The molecule has 0 radical (unpaired) electrons. The molecule has 1 saturated heterocycles. The van der Waals surface area contributed by atoms with E-state index in [1.807, 2.05) is 0 Å². The van der Waals surface area contributed by atoms with Crippen molar-refractivity contribution >= 4 is 29.9 Å². The van der Waals surface area contributed by atoms with Crippen LogP contribution in [0.1, 0.15) is 51.7 Å². The van der Waals surface area contributed by atoms with Crippen molar-refractivity contribution in [3.05, 3.63) is 29.3 Å². The van der Waals surface area contributed by atoms with Crippen LogP contribution in [-0.4, -0.2) is 49.2 Å². The molecule has 0 amide bonds. The largest absolute Gasteiger partial charge is 0.491 e. The zero-order valence-corrected chi connectivity index (χ0v) is 20.7. The molecule has 0 unspecified atom stereocenters. The fourth-order valence-electron chi connectivity index (χ4n) is 3.45. The Balaban J connectivity index is 0.00000450. The van der Waals surface area contributed by atoms with Crippen molar-refractivity contribution in [2.45, 2.75) is 71.4 Å². The number of guanidine groups is 1. The smallest absolute Gasteiger partial charge is 0.416 e. The second-order valence-corrected chi connectivity index (χ2v) is 7.96. The van der Waals surface area contributed by atoms with Gasteiger partial charge in [-0.25, -0.2) is 0 Å². The molecule has 1 aliphatic rings. The molecule has 0 aromatic heterocycles. The lowest BCUT2D eigenvalue weighted by Gasteiger charge is -2.35. The fourth-order valence-corrected chi connectivity index (χ4v) is 3.45.